The second-order valence-electron chi connectivity index (χ2n) is 4.39. The van der Waals surface area contributed by atoms with Crippen molar-refractivity contribution in [3.05, 3.63) is 0 Å². The van der Waals surface area contributed by atoms with Gasteiger partial charge in [-0.15, -0.1) is 0 Å². The molecule has 0 aromatic heterocycles. The van der Waals surface area contributed by atoms with E-state index >= 15 is 0 Å². The van der Waals surface area contributed by atoms with E-state index in [1.165, 1.54) is 12.8 Å². The summed E-state index contributed by atoms with van der Waals surface area (Å²) in [5.74, 6) is 0.743. The summed E-state index contributed by atoms with van der Waals surface area (Å²) in [5, 5.41) is 0. The quantitative estimate of drug-likeness (QED) is 0.690. The fraction of sp³-hybridized carbons (Fsp3) is 0.900. The maximum absolute atomic E-state index is 11.5. The van der Waals surface area contributed by atoms with Crippen molar-refractivity contribution in [1.82, 2.24) is 4.90 Å². The zero-order valence-electron chi connectivity index (χ0n) is 8.66. The van der Waals surface area contributed by atoms with Crippen LogP contribution in [0.15, 0.2) is 0 Å². The first-order chi connectivity index (χ1) is 6.65. The lowest BCUT2D eigenvalue weighted by Crippen LogP contribution is -2.70. The van der Waals surface area contributed by atoms with Crippen LogP contribution in [0.2, 0.25) is 0 Å². The molecule has 1 aliphatic carbocycles. The zero-order valence-corrected chi connectivity index (χ0v) is 8.66. The van der Waals surface area contributed by atoms with Gasteiger partial charge in [0, 0.05) is 19.7 Å². The van der Waals surface area contributed by atoms with E-state index in [-0.39, 0.29) is 18.1 Å². The molecule has 2 fully saturated rings. The molecule has 1 saturated heterocycles. The van der Waals surface area contributed by atoms with Crippen LogP contribution >= 0.6 is 0 Å². The van der Waals surface area contributed by atoms with Crippen LogP contribution in [0, 0.1) is 5.92 Å². The molecule has 0 aromatic rings. The Balaban J connectivity index is 1.73. The Hall–Kier alpha value is -0.610. The third-order valence-electron chi connectivity index (χ3n) is 3.14. The molecule has 0 atom stereocenters. The molecule has 2 N–H and O–H groups in total. The summed E-state index contributed by atoms with van der Waals surface area (Å²) in [5.41, 5.74) is 6.06. The van der Waals surface area contributed by atoms with Gasteiger partial charge in [0.25, 0.3) is 0 Å². The minimum absolute atomic E-state index is 0.0676. The van der Waals surface area contributed by atoms with E-state index in [0.29, 0.717) is 12.5 Å². The maximum Gasteiger partial charge on any atom is 0.248 e. The minimum Gasteiger partial charge on any atom is -0.372 e. The number of nitrogens with two attached hydrogens (primary N) is 1. The predicted octanol–water partition coefficient (Wildman–Crippen LogP) is -0.0274. The SMILES string of the molecule is CCOCC(=O)N1CC(N)(C2CC2)C1. The molecule has 14 heavy (non-hydrogen) atoms. The molecule has 4 heteroatoms. The van der Waals surface area contributed by atoms with E-state index in [2.05, 4.69) is 0 Å². The van der Waals surface area contributed by atoms with E-state index in [4.69, 9.17) is 10.5 Å². The monoisotopic (exact) mass is 198 g/mol. The highest BCUT2D eigenvalue weighted by Gasteiger charge is 2.51. The lowest BCUT2D eigenvalue weighted by Gasteiger charge is -2.48. The number of carbonyl (C=O) groups excluding carboxylic acids is 1. The Bertz CT molecular complexity index is 232. The lowest BCUT2D eigenvalue weighted by atomic mass is 9.86. The summed E-state index contributed by atoms with van der Waals surface area (Å²) in [6.45, 7) is 4.14. The molecule has 1 heterocycles. The van der Waals surface area contributed by atoms with Crippen LogP contribution in [0.1, 0.15) is 19.8 Å². The van der Waals surface area contributed by atoms with Crippen LogP contribution in [-0.4, -0.2) is 42.6 Å². The smallest absolute Gasteiger partial charge is 0.248 e. The van der Waals surface area contributed by atoms with Gasteiger partial charge >= 0.3 is 0 Å². The van der Waals surface area contributed by atoms with Crippen molar-refractivity contribution in [3.8, 4) is 0 Å². The van der Waals surface area contributed by atoms with Gasteiger partial charge < -0.3 is 15.4 Å². The second-order valence-corrected chi connectivity index (χ2v) is 4.39. The predicted molar refractivity (Wildman–Crippen MR) is 52.7 cm³/mol. The van der Waals surface area contributed by atoms with E-state index in [0.717, 1.165) is 13.1 Å². The molecule has 80 valence electrons. The number of hydrogen-bond donors (Lipinski definition) is 1. The van der Waals surface area contributed by atoms with Crippen LogP contribution in [0.25, 0.3) is 0 Å². The number of rotatable bonds is 4. The highest BCUT2D eigenvalue weighted by molar-refractivity contribution is 5.78. The third kappa shape index (κ3) is 1.77. The average molecular weight is 198 g/mol. The van der Waals surface area contributed by atoms with Crippen molar-refractivity contribution in [2.75, 3.05) is 26.3 Å². The lowest BCUT2D eigenvalue weighted by molar-refractivity contribution is -0.144. The van der Waals surface area contributed by atoms with Gasteiger partial charge in [0.1, 0.15) is 6.61 Å². The molecular weight excluding hydrogens is 180 g/mol. The molecule has 0 aromatic carbocycles. The van der Waals surface area contributed by atoms with Gasteiger partial charge in [0.15, 0.2) is 0 Å². The first-order valence-electron chi connectivity index (χ1n) is 5.30. The van der Waals surface area contributed by atoms with E-state index in [9.17, 15) is 4.79 Å². The molecule has 0 unspecified atom stereocenters. The largest absolute Gasteiger partial charge is 0.372 e. The molecular formula is C10H18N2O2. The number of hydrogen-bond acceptors (Lipinski definition) is 3. The van der Waals surface area contributed by atoms with E-state index in [1.807, 2.05) is 6.92 Å². The Morgan fingerprint density at radius 1 is 1.57 bits per heavy atom. The average Bonchev–Trinajstić information content (AvgIpc) is 2.92. The Morgan fingerprint density at radius 2 is 2.21 bits per heavy atom. The standard InChI is InChI=1S/C10H18N2O2/c1-2-14-5-9(13)12-6-10(11,7-12)8-3-4-8/h8H,2-7,11H2,1H3. The first kappa shape index (κ1) is 9.93. The van der Waals surface area contributed by atoms with Crippen LogP contribution in [-0.2, 0) is 9.53 Å². The third-order valence-corrected chi connectivity index (χ3v) is 3.14. The summed E-state index contributed by atoms with van der Waals surface area (Å²) in [4.78, 5) is 13.3. The minimum atomic E-state index is -0.0676. The number of likely N-dealkylation sites (tertiary alicyclic amines) is 1. The van der Waals surface area contributed by atoms with Gasteiger partial charge in [-0.3, -0.25) is 4.79 Å². The number of nitrogens with zero attached hydrogens (tertiary/aromatic N) is 1. The molecule has 0 spiro atoms. The summed E-state index contributed by atoms with van der Waals surface area (Å²) >= 11 is 0. The summed E-state index contributed by atoms with van der Waals surface area (Å²) in [6, 6.07) is 0. The second kappa shape index (κ2) is 3.51. The van der Waals surface area contributed by atoms with Gasteiger partial charge in [-0.25, -0.2) is 0 Å². The number of amides is 1. The van der Waals surface area contributed by atoms with Crippen molar-refractivity contribution in [2.45, 2.75) is 25.3 Å². The van der Waals surface area contributed by atoms with Gasteiger partial charge in [-0.05, 0) is 25.7 Å². The van der Waals surface area contributed by atoms with Crippen molar-refractivity contribution >= 4 is 5.91 Å². The van der Waals surface area contributed by atoms with Crippen LogP contribution < -0.4 is 5.73 Å². The van der Waals surface area contributed by atoms with Crippen molar-refractivity contribution in [1.29, 1.82) is 0 Å². The fourth-order valence-corrected chi connectivity index (χ4v) is 2.04. The highest BCUT2D eigenvalue weighted by atomic mass is 16.5. The number of carbonyl (C=O) groups is 1. The first-order valence-corrected chi connectivity index (χ1v) is 5.30. The molecule has 0 radical (unpaired) electrons. The van der Waals surface area contributed by atoms with Crippen molar-refractivity contribution < 1.29 is 9.53 Å². The topological polar surface area (TPSA) is 55.6 Å². The molecule has 0 bridgehead atoms. The van der Waals surface area contributed by atoms with Gasteiger partial charge in [0.05, 0.1) is 5.54 Å². The van der Waals surface area contributed by atoms with Gasteiger partial charge in [-0.1, -0.05) is 0 Å². The molecule has 1 aliphatic heterocycles. The summed E-state index contributed by atoms with van der Waals surface area (Å²) in [6.07, 6.45) is 2.48. The fourth-order valence-electron chi connectivity index (χ4n) is 2.04. The normalized spacial score (nSPS) is 24.6. The van der Waals surface area contributed by atoms with Gasteiger partial charge in [0.2, 0.25) is 5.91 Å². The Labute approximate surface area is 84.4 Å². The molecule has 4 nitrogen and oxygen atoms in total. The van der Waals surface area contributed by atoms with E-state index < -0.39 is 0 Å². The highest BCUT2D eigenvalue weighted by Crippen LogP contribution is 2.42. The molecule has 1 saturated carbocycles. The summed E-state index contributed by atoms with van der Waals surface area (Å²) in [7, 11) is 0. The van der Waals surface area contributed by atoms with Crippen molar-refractivity contribution in [3.63, 3.8) is 0 Å². The Kier molecular flexibility index (Phi) is 2.49. The van der Waals surface area contributed by atoms with E-state index in [1.54, 1.807) is 4.90 Å². The maximum atomic E-state index is 11.5. The molecule has 2 aliphatic rings. The van der Waals surface area contributed by atoms with Gasteiger partial charge in [-0.2, -0.15) is 0 Å². The summed E-state index contributed by atoms with van der Waals surface area (Å²) < 4.78 is 5.06. The number of ether oxygens (including phenoxy) is 1. The molecule has 1 amide bonds. The van der Waals surface area contributed by atoms with Crippen LogP contribution in [0.4, 0.5) is 0 Å². The van der Waals surface area contributed by atoms with Crippen LogP contribution in [0.5, 0.6) is 0 Å². The Morgan fingerprint density at radius 3 is 2.71 bits per heavy atom. The molecule has 2 rings (SSSR count). The zero-order chi connectivity index (χ0) is 10.2. The van der Waals surface area contributed by atoms with Crippen molar-refractivity contribution in [2.24, 2.45) is 11.7 Å². The van der Waals surface area contributed by atoms with Crippen LogP contribution in [0.3, 0.4) is 0 Å².